The summed E-state index contributed by atoms with van der Waals surface area (Å²) < 4.78 is 12.9. The zero-order valence-electron chi connectivity index (χ0n) is 18.6. The van der Waals surface area contributed by atoms with Gasteiger partial charge in [0.05, 0.1) is 20.3 Å². The summed E-state index contributed by atoms with van der Waals surface area (Å²) in [6, 6.07) is 3.85. The summed E-state index contributed by atoms with van der Waals surface area (Å²) >= 11 is 0. The van der Waals surface area contributed by atoms with Crippen molar-refractivity contribution in [3.05, 3.63) is 53.0 Å². The molecule has 3 heterocycles. The molecule has 1 fully saturated rings. The Morgan fingerprint density at radius 1 is 1.06 bits per heavy atom. The second-order valence-electron chi connectivity index (χ2n) is 8.08. The summed E-state index contributed by atoms with van der Waals surface area (Å²) in [4.78, 5) is 11.4. The van der Waals surface area contributed by atoms with Gasteiger partial charge in [-0.2, -0.15) is 4.98 Å². The van der Waals surface area contributed by atoms with E-state index in [9.17, 15) is 5.11 Å². The van der Waals surface area contributed by atoms with Crippen LogP contribution in [0.15, 0.2) is 30.7 Å². The molecule has 0 atom stereocenters. The van der Waals surface area contributed by atoms with Crippen molar-refractivity contribution in [1.29, 1.82) is 0 Å². The molecule has 1 aromatic carbocycles. The number of benzene rings is 1. The first-order chi connectivity index (χ1) is 14.9. The van der Waals surface area contributed by atoms with Gasteiger partial charge in [-0.1, -0.05) is 0 Å². The number of hydrogen-bond acceptors (Lipinski definition) is 7. The van der Waals surface area contributed by atoms with Gasteiger partial charge in [0.15, 0.2) is 11.5 Å². The number of aliphatic hydroxyl groups is 1. The lowest BCUT2D eigenvalue weighted by Gasteiger charge is -2.35. The Bertz CT molecular complexity index is 1090. The molecule has 2 aromatic heterocycles. The highest BCUT2D eigenvalue weighted by molar-refractivity contribution is 5.63. The van der Waals surface area contributed by atoms with E-state index in [-0.39, 0.29) is 6.10 Å². The Morgan fingerprint density at radius 2 is 1.84 bits per heavy atom. The van der Waals surface area contributed by atoms with Crippen LogP contribution in [-0.2, 0) is 6.54 Å². The number of β-amino-alcohol motifs (C(OH)–C–C–N with tert-alkyl or cyclic N) is 1. The molecule has 4 rings (SSSR count). The van der Waals surface area contributed by atoms with E-state index in [1.165, 1.54) is 11.1 Å². The molecule has 0 radical (unpaired) electrons. The standard InChI is InChI=1S/C23H29N5O3/c1-14-6-18(7-20(30-4)21(14)31-5)25-23-24-8-15(2)22(26-23)28-9-16(3)17(11-28)10-27-12-19(29)13-27/h6-9,11,19,29H,10,12-13H2,1-5H3,(H,24,25,26). The van der Waals surface area contributed by atoms with Crippen molar-refractivity contribution in [1.82, 2.24) is 19.4 Å². The van der Waals surface area contributed by atoms with E-state index in [1.807, 2.05) is 36.7 Å². The Labute approximate surface area is 182 Å². The average molecular weight is 424 g/mol. The smallest absolute Gasteiger partial charge is 0.229 e. The quantitative estimate of drug-likeness (QED) is 0.604. The van der Waals surface area contributed by atoms with Crippen LogP contribution < -0.4 is 14.8 Å². The molecule has 164 valence electrons. The van der Waals surface area contributed by atoms with Gasteiger partial charge in [0.1, 0.15) is 5.82 Å². The molecule has 1 aliphatic rings. The van der Waals surface area contributed by atoms with E-state index in [0.717, 1.165) is 42.3 Å². The molecule has 0 amide bonds. The van der Waals surface area contributed by atoms with Crippen LogP contribution in [0.5, 0.6) is 11.5 Å². The monoisotopic (exact) mass is 423 g/mol. The Morgan fingerprint density at radius 3 is 2.52 bits per heavy atom. The number of aliphatic hydroxyl groups excluding tert-OH is 1. The number of anilines is 2. The molecule has 3 aromatic rings. The normalized spacial score (nSPS) is 14.4. The first-order valence-corrected chi connectivity index (χ1v) is 10.3. The van der Waals surface area contributed by atoms with Crippen LogP contribution in [0.4, 0.5) is 11.6 Å². The Kier molecular flexibility index (Phi) is 5.84. The van der Waals surface area contributed by atoms with E-state index < -0.39 is 0 Å². The van der Waals surface area contributed by atoms with Gasteiger partial charge in [0, 0.05) is 55.5 Å². The third-order valence-corrected chi connectivity index (χ3v) is 5.58. The number of nitrogens with one attached hydrogen (secondary N) is 1. The summed E-state index contributed by atoms with van der Waals surface area (Å²) in [7, 11) is 3.25. The van der Waals surface area contributed by atoms with Gasteiger partial charge in [-0.3, -0.25) is 4.90 Å². The number of ether oxygens (including phenoxy) is 2. The molecule has 2 N–H and O–H groups in total. The maximum atomic E-state index is 9.53. The number of hydrogen-bond donors (Lipinski definition) is 2. The first kappa shape index (κ1) is 21.1. The lowest BCUT2D eigenvalue weighted by Crippen LogP contribution is -2.49. The lowest BCUT2D eigenvalue weighted by molar-refractivity contribution is -0.00295. The minimum absolute atomic E-state index is 0.194. The fraction of sp³-hybridized carbons (Fsp3) is 0.391. The summed E-state index contributed by atoms with van der Waals surface area (Å²) in [5.41, 5.74) is 5.19. The van der Waals surface area contributed by atoms with E-state index in [4.69, 9.17) is 14.5 Å². The third kappa shape index (κ3) is 4.35. The van der Waals surface area contributed by atoms with Crippen molar-refractivity contribution < 1.29 is 14.6 Å². The fourth-order valence-corrected chi connectivity index (χ4v) is 3.91. The van der Waals surface area contributed by atoms with Crippen molar-refractivity contribution >= 4 is 11.6 Å². The first-order valence-electron chi connectivity index (χ1n) is 10.3. The van der Waals surface area contributed by atoms with E-state index in [0.29, 0.717) is 17.4 Å². The molecule has 8 heteroatoms. The van der Waals surface area contributed by atoms with Crippen LogP contribution in [0.1, 0.15) is 22.3 Å². The number of methoxy groups -OCH3 is 2. The predicted molar refractivity (Wildman–Crippen MR) is 120 cm³/mol. The Balaban J connectivity index is 1.59. The van der Waals surface area contributed by atoms with E-state index >= 15 is 0 Å². The van der Waals surface area contributed by atoms with Crippen molar-refractivity contribution in [2.75, 3.05) is 32.6 Å². The molecule has 1 aliphatic heterocycles. The summed E-state index contributed by atoms with van der Waals surface area (Å²) in [5.74, 6) is 2.70. The number of rotatable bonds is 7. The summed E-state index contributed by atoms with van der Waals surface area (Å²) in [6.07, 6.45) is 5.82. The fourth-order valence-electron chi connectivity index (χ4n) is 3.91. The summed E-state index contributed by atoms with van der Waals surface area (Å²) in [5, 5.41) is 12.8. The molecule has 0 spiro atoms. The Hall–Kier alpha value is -3.10. The van der Waals surface area contributed by atoms with Gasteiger partial charge < -0.3 is 24.5 Å². The zero-order valence-corrected chi connectivity index (χ0v) is 18.6. The number of aryl methyl sites for hydroxylation is 3. The minimum atomic E-state index is -0.194. The van der Waals surface area contributed by atoms with Crippen molar-refractivity contribution in [3.8, 4) is 17.3 Å². The molecule has 0 aliphatic carbocycles. The van der Waals surface area contributed by atoms with Gasteiger partial charge in [-0.05, 0) is 43.5 Å². The molecule has 0 bridgehead atoms. The predicted octanol–water partition coefficient (Wildman–Crippen LogP) is 3.13. The molecule has 0 unspecified atom stereocenters. The van der Waals surface area contributed by atoms with Crippen molar-refractivity contribution in [2.24, 2.45) is 0 Å². The van der Waals surface area contributed by atoms with Crippen LogP contribution in [0.25, 0.3) is 5.82 Å². The molecular weight excluding hydrogens is 394 g/mol. The van der Waals surface area contributed by atoms with Gasteiger partial charge in [0.25, 0.3) is 0 Å². The molecule has 31 heavy (non-hydrogen) atoms. The van der Waals surface area contributed by atoms with Crippen LogP contribution >= 0.6 is 0 Å². The van der Waals surface area contributed by atoms with E-state index in [1.54, 1.807) is 14.2 Å². The SMILES string of the molecule is COc1cc(Nc2ncc(C)c(-n3cc(C)c(CN4CC(O)C4)c3)n2)cc(C)c1OC. The van der Waals surface area contributed by atoms with Gasteiger partial charge >= 0.3 is 0 Å². The third-order valence-electron chi connectivity index (χ3n) is 5.58. The number of likely N-dealkylation sites (tertiary alicyclic amines) is 1. The van der Waals surface area contributed by atoms with E-state index in [2.05, 4.69) is 34.5 Å². The second kappa shape index (κ2) is 8.56. The van der Waals surface area contributed by atoms with Gasteiger partial charge in [-0.25, -0.2) is 4.98 Å². The highest BCUT2D eigenvalue weighted by Gasteiger charge is 2.25. The maximum absolute atomic E-state index is 9.53. The molecular formula is C23H29N5O3. The maximum Gasteiger partial charge on any atom is 0.229 e. The van der Waals surface area contributed by atoms with Gasteiger partial charge in [0.2, 0.25) is 5.95 Å². The largest absolute Gasteiger partial charge is 0.493 e. The van der Waals surface area contributed by atoms with Crippen LogP contribution in [0.3, 0.4) is 0 Å². The van der Waals surface area contributed by atoms with Crippen LogP contribution in [0, 0.1) is 20.8 Å². The van der Waals surface area contributed by atoms with Crippen LogP contribution in [-0.4, -0.2) is 58.0 Å². The number of aromatic nitrogens is 3. The highest BCUT2D eigenvalue weighted by atomic mass is 16.5. The molecule has 8 nitrogen and oxygen atoms in total. The second-order valence-corrected chi connectivity index (χ2v) is 8.08. The highest BCUT2D eigenvalue weighted by Crippen LogP contribution is 2.34. The topological polar surface area (TPSA) is 84.7 Å². The van der Waals surface area contributed by atoms with Gasteiger partial charge in [-0.15, -0.1) is 0 Å². The van der Waals surface area contributed by atoms with Crippen LogP contribution in [0.2, 0.25) is 0 Å². The minimum Gasteiger partial charge on any atom is -0.493 e. The molecule has 1 saturated heterocycles. The number of nitrogens with zero attached hydrogens (tertiary/aromatic N) is 4. The van der Waals surface area contributed by atoms with Crippen molar-refractivity contribution in [2.45, 2.75) is 33.4 Å². The lowest BCUT2D eigenvalue weighted by atomic mass is 10.1. The molecule has 0 saturated carbocycles. The zero-order chi connectivity index (χ0) is 22.1. The average Bonchev–Trinajstić information content (AvgIpc) is 3.08. The summed E-state index contributed by atoms with van der Waals surface area (Å²) in [6.45, 7) is 8.36. The van der Waals surface area contributed by atoms with Crippen molar-refractivity contribution in [3.63, 3.8) is 0 Å².